The number of likely N-dealkylation sites (tertiary alicyclic amines) is 1. The number of hydrogen-bond donors (Lipinski definition) is 1. The number of rotatable bonds is 4. The number of hydrogen-bond acceptors (Lipinski definition) is 5. The van der Waals surface area contributed by atoms with Gasteiger partial charge in [0.1, 0.15) is 11.3 Å². The third kappa shape index (κ3) is 3.35. The van der Waals surface area contributed by atoms with Crippen LogP contribution in [0.15, 0.2) is 34.9 Å². The van der Waals surface area contributed by atoms with E-state index in [2.05, 4.69) is 10.3 Å². The predicted molar refractivity (Wildman–Crippen MR) is 97.5 cm³/mol. The van der Waals surface area contributed by atoms with Gasteiger partial charge in [-0.2, -0.15) is 0 Å². The van der Waals surface area contributed by atoms with Gasteiger partial charge in [-0.3, -0.25) is 9.48 Å². The Bertz CT molecular complexity index is 929. The molecule has 1 aliphatic rings. The van der Waals surface area contributed by atoms with Crippen molar-refractivity contribution in [2.45, 2.75) is 32.9 Å². The van der Waals surface area contributed by atoms with Crippen LogP contribution in [0.2, 0.25) is 0 Å². The molecule has 3 aromatic rings. The summed E-state index contributed by atoms with van der Waals surface area (Å²) < 4.78 is 7.43. The van der Waals surface area contributed by atoms with Crippen LogP contribution >= 0.6 is 0 Å². The second-order valence-corrected chi connectivity index (χ2v) is 7.01. The van der Waals surface area contributed by atoms with E-state index in [9.17, 15) is 4.79 Å². The molecule has 2 aromatic heterocycles. The van der Waals surface area contributed by atoms with Crippen molar-refractivity contribution in [1.29, 1.82) is 0 Å². The number of aromatic nitrogens is 3. The van der Waals surface area contributed by atoms with Crippen molar-refractivity contribution in [2.75, 3.05) is 13.1 Å². The van der Waals surface area contributed by atoms with E-state index in [0.29, 0.717) is 18.0 Å². The average molecular weight is 353 g/mol. The number of carbonyl (C=O) groups excluding carboxylic acids is 1. The molecule has 0 radical (unpaired) electrons. The third-order valence-corrected chi connectivity index (χ3v) is 4.93. The first-order valence-corrected chi connectivity index (χ1v) is 9.01. The highest BCUT2D eigenvalue weighted by molar-refractivity contribution is 5.97. The Balaban J connectivity index is 1.46. The second-order valence-electron chi connectivity index (χ2n) is 7.01. The molecule has 7 heteroatoms. The molecule has 0 aliphatic carbocycles. The fraction of sp³-hybridized carbons (Fsp3) is 0.421. The van der Waals surface area contributed by atoms with Crippen LogP contribution in [0.1, 0.15) is 34.7 Å². The van der Waals surface area contributed by atoms with Gasteiger partial charge in [-0.15, -0.1) is 5.10 Å². The molecular weight excluding hydrogens is 330 g/mol. The molecular formula is C19H23N5O2. The van der Waals surface area contributed by atoms with Crippen LogP contribution in [0.5, 0.6) is 0 Å². The van der Waals surface area contributed by atoms with Crippen molar-refractivity contribution < 1.29 is 9.21 Å². The summed E-state index contributed by atoms with van der Waals surface area (Å²) in [4.78, 5) is 14.9. The molecule has 1 atom stereocenters. The summed E-state index contributed by atoms with van der Waals surface area (Å²) >= 11 is 0. The zero-order chi connectivity index (χ0) is 18.1. The lowest BCUT2D eigenvalue weighted by atomic mass is 9.97. The Kier molecular flexibility index (Phi) is 4.46. The molecule has 1 aromatic carbocycles. The molecule has 0 spiro atoms. The van der Waals surface area contributed by atoms with Crippen molar-refractivity contribution in [3.63, 3.8) is 0 Å². The average Bonchev–Trinajstić information content (AvgIpc) is 3.25. The molecule has 1 saturated heterocycles. The number of aryl methyl sites for hydroxylation is 1. The Labute approximate surface area is 151 Å². The number of amides is 1. The highest BCUT2D eigenvalue weighted by atomic mass is 16.3. The third-order valence-electron chi connectivity index (χ3n) is 4.93. The Morgan fingerprint density at radius 3 is 3.08 bits per heavy atom. The quantitative estimate of drug-likeness (QED) is 0.777. The maximum absolute atomic E-state index is 12.9. The van der Waals surface area contributed by atoms with Crippen LogP contribution in [0.4, 0.5) is 0 Å². The Hall–Kier alpha value is -2.67. The number of benzene rings is 1. The summed E-state index contributed by atoms with van der Waals surface area (Å²) in [6.07, 6.45) is 3.97. The molecule has 3 heterocycles. The minimum atomic E-state index is 0.0803. The lowest BCUT2D eigenvalue weighted by Crippen LogP contribution is -2.41. The van der Waals surface area contributed by atoms with E-state index in [0.717, 1.165) is 54.9 Å². The van der Waals surface area contributed by atoms with Crippen molar-refractivity contribution >= 4 is 16.9 Å². The molecule has 1 unspecified atom stereocenters. The van der Waals surface area contributed by atoms with Gasteiger partial charge in [-0.1, -0.05) is 5.21 Å². The molecule has 1 amide bonds. The van der Waals surface area contributed by atoms with Gasteiger partial charge in [0.05, 0.1) is 5.69 Å². The van der Waals surface area contributed by atoms with E-state index in [1.54, 1.807) is 0 Å². The first kappa shape index (κ1) is 16.8. The number of nitrogens with two attached hydrogens (primary N) is 1. The highest BCUT2D eigenvalue weighted by Crippen LogP contribution is 2.23. The zero-order valence-corrected chi connectivity index (χ0v) is 14.9. The number of furan rings is 1. The van der Waals surface area contributed by atoms with Crippen LogP contribution in [-0.4, -0.2) is 38.9 Å². The SMILES string of the molecule is Cc1cc2cc(C(=O)N3CCCC(Cn4cc(CN)nn4)C3)ccc2o1. The zero-order valence-electron chi connectivity index (χ0n) is 14.9. The van der Waals surface area contributed by atoms with Crippen LogP contribution in [0.3, 0.4) is 0 Å². The van der Waals surface area contributed by atoms with Crippen molar-refractivity contribution in [1.82, 2.24) is 19.9 Å². The van der Waals surface area contributed by atoms with Crippen LogP contribution in [0, 0.1) is 12.8 Å². The number of carbonyl (C=O) groups is 1. The minimum absolute atomic E-state index is 0.0803. The molecule has 1 fully saturated rings. The van der Waals surface area contributed by atoms with E-state index in [1.807, 2.05) is 47.0 Å². The summed E-state index contributed by atoms with van der Waals surface area (Å²) in [5.41, 5.74) is 7.91. The van der Waals surface area contributed by atoms with E-state index in [1.165, 1.54) is 0 Å². The maximum atomic E-state index is 12.9. The summed E-state index contributed by atoms with van der Waals surface area (Å²) in [6.45, 7) is 4.60. The predicted octanol–water partition coefficient (Wildman–Crippen LogP) is 2.34. The van der Waals surface area contributed by atoms with Gasteiger partial charge in [0.25, 0.3) is 5.91 Å². The first-order chi connectivity index (χ1) is 12.6. The van der Waals surface area contributed by atoms with Gasteiger partial charge in [0.15, 0.2) is 0 Å². The minimum Gasteiger partial charge on any atom is -0.461 e. The van der Waals surface area contributed by atoms with Crippen molar-refractivity contribution in [2.24, 2.45) is 11.7 Å². The van der Waals surface area contributed by atoms with Crippen LogP contribution < -0.4 is 5.73 Å². The van der Waals surface area contributed by atoms with Crippen LogP contribution in [0.25, 0.3) is 11.0 Å². The van der Waals surface area contributed by atoms with E-state index in [4.69, 9.17) is 10.2 Å². The van der Waals surface area contributed by atoms with Gasteiger partial charge >= 0.3 is 0 Å². The van der Waals surface area contributed by atoms with E-state index >= 15 is 0 Å². The molecule has 4 rings (SSSR count). The largest absolute Gasteiger partial charge is 0.461 e. The molecule has 7 nitrogen and oxygen atoms in total. The number of nitrogens with zero attached hydrogens (tertiary/aromatic N) is 4. The molecule has 136 valence electrons. The molecule has 26 heavy (non-hydrogen) atoms. The monoisotopic (exact) mass is 353 g/mol. The normalized spacial score (nSPS) is 17.8. The fourth-order valence-electron chi connectivity index (χ4n) is 3.68. The van der Waals surface area contributed by atoms with E-state index < -0.39 is 0 Å². The molecule has 0 bridgehead atoms. The molecule has 2 N–H and O–H groups in total. The Morgan fingerprint density at radius 1 is 1.38 bits per heavy atom. The summed E-state index contributed by atoms with van der Waals surface area (Å²) in [5.74, 6) is 1.31. The second kappa shape index (κ2) is 6.92. The number of piperidine rings is 1. The highest BCUT2D eigenvalue weighted by Gasteiger charge is 2.25. The summed E-state index contributed by atoms with van der Waals surface area (Å²) in [7, 11) is 0. The maximum Gasteiger partial charge on any atom is 0.253 e. The van der Waals surface area contributed by atoms with Gasteiger partial charge in [0.2, 0.25) is 0 Å². The lowest BCUT2D eigenvalue weighted by molar-refractivity contribution is 0.0659. The summed E-state index contributed by atoms with van der Waals surface area (Å²) in [6, 6.07) is 7.61. The number of fused-ring (bicyclic) bond motifs is 1. The van der Waals surface area contributed by atoms with Crippen LogP contribution in [-0.2, 0) is 13.1 Å². The van der Waals surface area contributed by atoms with Crippen molar-refractivity contribution in [3.05, 3.63) is 47.5 Å². The summed E-state index contributed by atoms with van der Waals surface area (Å²) in [5, 5.41) is 9.12. The van der Waals surface area contributed by atoms with Gasteiger partial charge < -0.3 is 15.1 Å². The smallest absolute Gasteiger partial charge is 0.253 e. The lowest BCUT2D eigenvalue weighted by Gasteiger charge is -2.32. The van der Waals surface area contributed by atoms with Gasteiger partial charge in [0, 0.05) is 43.3 Å². The van der Waals surface area contributed by atoms with Gasteiger partial charge in [-0.05, 0) is 49.9 Å². The van der Waals surface area contributed by atoms with Gasteiger partial charge in [-0.25, -0.2) is 0 Å². The topological polar surface area (TPSA) is 90.2 Å². The molecule has 1 aliphatic heterocycles. The standard InChI is InChI=1S/C19H23N5O2/c1-13-7-16-8-15(4-5-18(16)26-13)19(25)23-6-2-3-14(10-23)11-24-12-17(9-20)21-22-24/h4-5,7-8,12,14H,2-3,6,9-11,20H2,1H3. The van der Waals surface area contributed by atoms with E-state index in [-0.39, 0.29) is 5.91 Å². The Morgan fingerprint density at radius 2 is 2.27 bits per heavy atom. The van der Waals surface area contributed by atoms with Crippen molar-refractivity contribution in [3.8, 4) is 0 Å². The first-order valence-electron chi connectivity index (χ1n) is 9.01. The molecule has 0 saturated carbocycles. The fourth-order valence-corrected chi connectivity index (χ4v) is 3.68.